The Balaban J connectivity index is 1.95. The normalized spacial score (nSPS) is 15.8. The molecule has 0 saturated carbocycles. The molecule has 1 aliphatic rings. The van der Waals surface area contributed by atoms with Gasteiger partial charge in [-0.15, -0.1) is 11.3 Å². The zero-order chi connectivity index (χ0) is 12.5. The zero-order valence-corrected chi connectivity index (χ0v) is 10.4. The molecule has 5 heteroatoms. The summed E-state index contributed by atoms with van der Waals surface area (Å²) in [4.78, 5) is 11.6. The van der Waals surface area contributed by atoms with Crippen LogP contribution in [0.5, 0.6) is 0 Å². The summed E-state index contributed by atoms with van der Waals surface area (Å²) in [6.45, 7) is 1.54. The van der Waals surface area contributed by atoms with Gasteiger partial charge in [-0.2, -0.15) is 0 Å². The Morgan fingerprint density at radius 2 is 2.22 bits per heavy atom. The van der Waals surface area contributed by atoms with Crippen molar-refractivity contribution in [3.8, 4) is 0 Å². The minimum absolute atomic E-state index is 0.102. The number of rotatable bonds is 4. The van der Waals surface area contributed by atoms with E-state index in [-0.39, 0.29) is 6.10 Å². The lowest BCUT2D eigenvalue weighted by atomic mass is 10.1. The van der Waals surface area contributed by atoms with Crippen LogP contribution in [-0.4, -0.2) is 30.4 Å². The molecule has 0 aliphatic carbocycles. The zero-order valence-electron chi connectivity index (χ0n) is 9.59. The second kappa shape index (κ2) is 4.68. The molecule has 1 aromatic heterocycles. The maximum Gasteiger partial charge on any atom is 0.346 e. The summed E-state index contributed by atoms with van der Waals surface area (Å²) < 4.78 is 11.7. The van der Waals surface area contributed by atoms with Crippen LogP contribution in [0.1, 0.15) is 15.2 Å². The van der Waals surface area contributed by atoms with Gasteiger partial charge < -0.3 is 14.6 Å². The van der Waals surface area contributed by atoms with Crippen LogP contribution in [0.2, 0.25) is 0 Å². The topological polar surface area (TPSA) is 55.8 Å². The highest BCUT2D eigenvalue weighted by molar-refractivity contribution is 7.21. The van der Waals surface area contributed by atoms with Crippen LogP contribution in [0.15, 0.2) is 24.3 Å². The van der Waals surface area contributed by atoms with Gasteiger partial charge in [0.2, 0.25) is 0 Å². The average Bonchev–Trinajstić information content (AvgIpc) is 2.66. The maximum absolute atomic E-state index is 11.2. The number of aromatic carboxylic acids is 1. The van der Waals surface area contributed by atoms with Crippen molar-refractivity contribution in [1.82, 2.24) is 0 Å². The molecule has 2 aromatic rings. The molecule has 18 heavy (non-hydrogen) atoms. The Morgan fingerprint density at radius 1 is 1.44 bits per heavy atom. The number of carboxylic acid groups (broad SMARTS) is 1. The summed E-state index contributed by atoms with van der Waals surface area (Å²) in [7, 11) is 0. The predicted molar refractivity (Wildman–Crippen MR) is 68.2 cm³/mol. The van der Waals surface area contributed by atoms with E-state index < -0.39 is 5.97 Å². The second-order valence-corrected chi connectivity index (χ2v) is 5.23. The van der Waals surface area contributed by atoms with Crippen molar-refractivity contribution in [3.63, 3.8) is 0 Å². The molecule has 1 saturated heterocycles. The highest BCUT2D eigenvalue weighted by atomic mass is 32.1. The summed E-state index contributed by atoms with van der Waals surface area (Å²) in [6, 6.07) is 7.70. The minimum Gasteiger partial charge on any atom is -0.477 e. The third-order valence-electron chi connectivity index (χ3n) is 2.96. The largest absolute Gasteiger partial charge is 0.477 e. The number of carbonyl (C=O) groups is 1. The van der Waals surface area contributed by atoms with Crippen LogP contribution >= 0.6 is 11.3 Å². The van der Waals surface area contributed by atoms with E-state index >= 15 is 0 Å². The number of benzene rings is 1. The molecule has 0 atom stereocenters. The number of carboxylic acids is 1. The van der Waals surface area contributed by atoms with Crippen molar-refractivity contribution in [2.75, 3.05) is 13.2 Å². The highest BCUT2D eigenvalue weighted by Gasteiger charge is 2.22. The number of fused-ring (bicyclic) bond motifs is 1. The van der Waals surface area contributed by atoms with Crippen LogP contribution in [0, 0.1) is 0 Å². The fraction of sp³-hybridized carbons (Fsp3) is 0.308. The van der Waals surface area contributed by atoms with Crippen molar-refractivity contribution in [2.24, 2.45) is 0 Å². The van der Waals surface area contributed by atoms with Crippen LogP contribution in [0.4, 0.5) is 0 Å². The van der Waals surface area contributed by atoms with Gasteiger partial charge in [-0.1, -0.05) is 18.2 Å². The van der Waals surface area contributed by atoms with Gasteiger partial charge in [0.25, 0.3) is 0 Å². The van der Waals surface area contributed by atoms with E-state index in [0.717, 1.165) is 15.6 Å². The van der Waals surface area contributed by atoms with Gasteiger partial charge in [0.1, 0.15) is 11.0 Å². The molecular weight excluding hydrogens is 252 g/mol. The molecule has 0 bridgehead atoms. The van der Waals surface area contributed by atoms with E-state index in [0.29, 0.717) is 24.7 Å². The van der Waals surface area contributed by atoms with Crippen LogP contribution in [0.3, 0.4) is 0 Å². The summed E-state index contributed by atoms with van der Waals surface area (Å²) >= 11 is 1.30. The Morgan fingerprint density at radius 3 is 2.89 bits per heavy atom. The number of hydrogen-bond donors (Lipinski definition) is 1. The molecule has 94 valence electrons. The molecule has 0 radical (unpaired) electrons. The molecule has 1 fully saturated rings. The summed E-state index contributed by atoms with van der Waals surface area (Å²) in [5.74, 6) is -0.889. The minimum atomic E-state index is -0.889. The first kappa shape index (κ1) is 11.6. The first-order valence-corrected chi connectivity index (χ1v) is 6.50. The third kappa shape index (κ3) is 2.01. The lowest BCUT2D eigenvalue weighted by molar-refractivity contribution is -0.135. The number of hydrogen-bond acceptors (Lipinski definition) is 4. The van der Waals surface area contributed by atoms with Crippen molar-refractivity contribution in [1.29, 1.82) is 0 Å². The lowest BCUT2D eigenvalue weighted by Crippen LogP contribution is -2.35. The van der Waals surface area contributed by atoms with Crippen LogP contribution < -0.4 is 0 Å². The quantitative estimate of drug-likeness (QED) is 0.922. The fourth-order valence-electron chi connectivity index (χ4n) is 1.93. The van der Waals surface area contributed by atoms with E-state index in [4.69, 9.17) is 9.47 Å². The first-order chi connectivity index (χ1) is 8.75. The molecule has 1 aromatic carbocycles. The van der Waals surface area contributed by atoms with E-state index in [9.17, 15) is 9.90 Å². The molecule has 0 spiro atoms. The first-order valence-electron chi connectivity index (χ1n) is 5.69. The smallest absolute Gasteiger partial charge is 0.346 e. The van der Waals surface area contributed by atoms with Gasteiger partial charge in [-0.3, -0.25) is 0 Å². The van der Waals surface area contributed by atoms with Crippen LogP contribution in [0.25, 0.3) is 10.1 Å². The maximum atomic E-state index is 11.2. The van der Waals surface area contributed by atoms with Gasteiger partial charge in [0, 0.05) is 10.3 Å². The van der Waals surface area contributed by atoms with Crippen molar-refractivity contribution >= 4 is 27.4 Å². The summed E-state index contributed by atoms with van der Waals surface area (Å²) in [6.07, 6.45) is 0.102. The Labute approximate surface area is 108 Å². The van der Waals surface area contributed by atoms with Gasteiger partial charge in [0.05, 0.1) is 19.8 Å². The van der Waals surface area contributed by atoms with E-state index in [1.807, 2.05) is 24.3 Å². The summed E-state index contributed by atoms with van der Waals surface area (Å²) in [5, 5.41) is 10.2. The molecule has 1 aliphatic heterocycles. The van der Waals surface area contributed by atoms with Gasteiger partial charge in [-0.05, 0) is 11.5 Å². The fourth-order valence-corrected chi connectivity index (χ4v) is 2.97. The lowest BCUT2D eigenvalue weighted by Gasteiger charge is -2.26. The monoisotopic (exact) mass is 264 g/mol. The van der Waals surface area contributed by atoms with E-state index in [1.54, 1.807) is 0 Å². The molecular formula is C13H12O4S. The van der Waals surface area contributed by atoms with Crippen molar-refractivity contribution in [3.05, 3.63) is 34.7 Å². The van der Waals surface area contributed by atoms with Gasteiger partial charge in [-0.25, -0.2) is 4.79 Å². The Hall–Kier alpha value is -1.43. The molecule has 4 nitrogen and oxygen atoms in total. The molecule has 3 rings (SSSR count). The molecule has 0 unspecified atom stereocenters. The Bertz CT molecular complexity index is 586. The average molecular weight is 264 g/mol. The predicted octanol–water partition coefficient (Wildman–Crippen LogP) is 2.51. The van der Waals surface area contributed by atoms with E-state index in [2.05, 4.69) is 0 Å². The third-order valence-corrected chi connectivity index (χ3v) is 4.16. The Kier molecular flexibility index (Phi) is 3.03. The van der Waals surface area contributed by atoms with Crippen molar-refractivity contribution < 1.29 is 19.4 Å². The van der Waals surface area contributed by atoms with Crippen LogP contribution in [-0.2, 0) is 16.1 Å². The standard InChI is InChI=1S/C13H12O4S/c14-13(15)12-10(7-17-8-5-16-6-8)9-3-1-2-4-11(9)18-12/h1-4,8H,5-7H2,(H,14,15). The van der Waals surface area contributed by atoms with Gasteiger partial charge in [0.15, 0.2) is 0 Å². The van der Waals surface area contributed by atoms with Gasteiger partial charge >= 0.3 is 5.97 Å². The summed E-state index contributed by atoms with van der Waals surface area (Å²) in [5.41, 5.74) is 0.773. The number of ether oxygens (including phenoxy) is 2. The van der Waals surface area contributed by atoms with Crippen molar-refractivity contribution in [2.45, 2.75) is 12.7 Å². The van der Waals surface area contributed by atoms with E-state index in [1.165, 1.54) is 11.3 Å². The SMILES string of the molecule is O=C(O)c1sc2ccccc2c1COC1COC1. The second-order valence-electron chi connectivity index (χ2n) is 4.18. The number of thiophene rings is 1. The molecule has 1 N–H and O–H groups in total. The molecule has 2 heterocycles. The molecule has 0 amide bonds. The highest BCUT2D eigenvalue weighted by Crippen LogP contribution is 2.32.